The second kappa shape index (κ2) is 7.21. The van der Waals surface area contributed by atoms with Gasteiger partial charge in [0.05, 0.1) is 6.61 Å². The Morgan fingerprint density at radius 2 is 1.94 bits per heavy atom. The minimum absolute atomic E-state index is 0.450. The lowest BCUT2D eigenvalue weighted by Crippen LogP contribution is -2.09. The van der Waals surface area contributed by atoms with Gasteiger partial charge < -0.3 is 10.1 Å². The van der Waals surface area contributed by atoms with E-state index in [0.29, 0.717) is 6.04 Å². The number of hydrogen-bond donors (Lipinski definition) is 1. The average Bonchev–Trinajstić information content (AvgIpc) is 2.24. The van der Waals surface area contributed by atoms with Gasteiger partial charge in [-0.25, -0.2) is 0 Å². The van der Waals surface area contributed by atoms with Gasteiger partial charge in [0, 0.05) is 17.8 Å². The molecule has 0 saturated heterocycles. The SMILES string of the molecule is CC(C)CCCOc1cccc(NC(C)C)c1. The van der Waals surface area contributed by atoms with Gasteiger partial charge in [0.1, 0.15) is 5.75 Å². The molecule has 0 unspecified atom stereocenters. The average molecular weight is 235 g/mol. The zero-order valence-electron chi connectivity index (χ0n) is 11.5. The number of benzene rings is 1. The third-order valence-corrected chi connectivity index (χ3v) is 2.48. The van der Waals surface area contributed by atoms with Gasteiger partial charge in [-0.1, -0.05) is 19.9 Å². The standard InChI is InChI=1S/C15H25NO/c1-12(2)7-6-10-17-15-9-5-8-14(11-15)16-13(3)4/h5,8-9,11-13,16H,6-7,10H2,1-4H3. The predicted molar refractivity (Wildman–Crippen MR) is 74.8 cm³/mol. The van der Waals surface area contributed by atoms with E-state index >= 15 is 0 Å². The lowest BCUT2D eigenvalue weighted by molar-refractivity contribution is 0.298. The van der Waals surface area contributed by atoms with Crippen LogP contribution in [-0.2, 0) is 0 Å². The van der Waals surface area contributed by atoms with Crippen LogP contribution in [0.1, 0.15) is 40.5 Å². The van der Waals surface area contributed by atoms with Crippen LogP contribution >= 0.6 is 0 Å². The van der Waals surface area contributed by atoms with Crippen molar-refractivity contribution in [1.82, 2.24) is 0 Å². The summed E-state index contributed by atoms with van der Waals surface area (Å²) < 4.78 is 5.74. The van der Waals surface area contributed by atoms with E-state index in [1.165, 1.54) is 6.42 Å². The molecule has 1 aromatic rings. The van der Waals surface area contributed by atoms with Crippen molar-refractivity contribution in [3.8, 4) is 5.75 Å². The Labute approximate surface area is 105 Å². The van der Waals surface area contributed by atoms with E-state index in [2.05, 4.69) is 45.1 Å². The van der Waals surface area contributed by atoms with Gasteiger partial charge in [-0.2, -0.15) is 0 Å². The molecule has 1 N–H and O–H groups in total. The zero-order valence-corrected chi connectivity index (χ0v) is 11.5. The monoisotopic (exact) mass is 235 g/mol. The first kappa shape index (κ1) is 13.9. The van der Waals surface area contributed by atoms with Crippen LogP contribution in [-0.4, -0.2) is 12.6 Å². The number of ether oxygens (including phenoxy) is 1. The molecule has 0 amide bonds. The highest BCUT2D eigenvalue weighted by Gasteiger charge is 1.99. The summed E-state index contributed by atoms with van der Waals surface area (Å²) in [6.45, 7) is 9.57. The van der Waals surface area contributed by atoms with Gasteiger partial charge in [-0.3, -0.25) is 0 Å². The molecule has 0 radical (unpaired) electrons. The molecule has 96 valence electrons. The number of nitrogens with one attached hydrogen (secondary N) is 1. The van der Waals surface area contributed by atoms with Crippen molar-refractivity contribution >= 4 is 5.69 Å². The van der Waals surface area contributed by atoms with E-state index in [4.69, 9.17) is 4.74 Å². The molecule has 2 nitrogen and oxygen atoms in total. The molecule has 0 aromatic heterocycles. The summed E-state index contributed by atoms with van der Waals surface area (Å²) >= 11 is 0. The fraction of sp³-hybridized carbons (Fsp3) is 0.600. The van der Waals surface area contributed by atoms with E-state index in [1.807, 2.05) is 12.1 Å². The molecule has 0 aliphatic rings. The van der Waals surface area contributed by atoms with Gasteiger partial charge >= 0.3 is 0 Å². The van der Waals surface area contributed by atoms with Crippen LogP contribution in [0.15, 0.2) is 24.3 Å². The van der Waals surface area contributed by atoms with E-state index in [-0.39, 0.29) is 0 Å². The highest BCUT2D eigenvalue weighted by molar-refractivity contribution is 5.48. The molecule has 0 atom stereocenters. The molecule has 1 rings (SSSR count). The summed E-state index contributed by atoms with van der Waals surface area (Å²) in [5.74, 6) is 1.71. The Balaban J connectivity index is 2.37. The lowest BCUT2D eigenvalue weighted by Gasteiger charge is -2.12. The third kappa shape index (κ3) is 6.20. The van der Waals surface area contributed by atoms with Crippen molar-refractivity contribution < 1.29 is 4.74 Å². The topological polar surface area (TPSA) is 21.3 Å². The summed E-state index contributed by atoms with van der Waals surface area (Å²) in [6.07, 6.45) is 2.35. The lowest BCUT2D eigenvalue weighted by atomic mass is 10.1. The summed E-state index contributed by atoms with van der Waals surface area (Å²) in [5.41, 5.74) is 1.13. The van der Waals surface area contributed by atoms with Crippen LogP contribution in [0.4, 0.5) is 5.69 Å². The van der Waals surface area contributed by atoms with Crippen molar-refractivity contribution in [3.05, 3.63) is 24.3 Å². The van der Waals surface area contributed by atoms with Crippen molar-refractivity contribution in [2.24, 2.45) is 5.92 Å². The molecule has 17 heavy (non-hydrogen) atoms. The Kier molecular flexibility index (Phi) is 5.88. The molecular formula is C15H25NO. The first-order valence-corrected chi connectivity index (χ1v) is 6.57. The van der Waals surface area contributed by atoms with Gasteiger partial charge in [0.15, 0.2) is 0 Å². The molecule has 0 bridgehead atoms. The van der Waals surface area contributed by atoms with Crippen LogP contribution in [0.3, 0.4) is 0 Å². The maximum atomic E-state index is 5.74. The van der Waals surface area contributed by atoms with E-state index in [0.717, 1.165) is 30.4 Å². The summed E-state index contributed by atoms with van der Waals surface area (Å²) in [6, 6.07) is 8.63. The van der Waals surface area contributed by atoms with Crippen LogP contribution in [0, 0.1) is 5.92 Å². The van der Waals surface area contributed by atoms with Gasteiger partial charge in [0.2, 0.25) is 0 Å². The van der Waals surface area contributed by atoms with Crippen LogP contribution in [0.25, 0.3) is 0 Å². The normalized spacial score (nSPS) is 10.9. The van der Waals surface area contributed by atoms with Crippen LogP contribution in [0.5, 0.6) is 5.75 Å². The maximum absolute atomic E-state index is 5.74. The molecule has 0 aliphatic heterocycles. The molecule has 0 saturated carbocycles. The molecule has 0 heterocycles. The van der Waals surface area contributed by atoms with Gasteiger partial charge in [0.25, 0.3) is 0 Å². The fourth-order valence-corrected chi connectivity index (χ4v) is 1.69. The number of rotatable bonds is 7. The first-order valence-electron chi connectivity index (χ1n) is 6.57. The quantitative estimate of drug-likeness (QED) is 0.711. The zero-order chi connectivity index (χ0) is 12.7. The van der Waals surface area contributed by atoms with Gasteiger partial charge in [-0.15, -0.1) is 0 Å². The van der Waals surface area contributed by atoms with Crippen molar-refractivity contribution in [3.63, 3.8) is 0 Å². The van der Waals surface area contributed by atoms with Crippen molar-refractivity contribution in [2.45, 2.75) is 46.6 Å². The van der Waals surface area contributed by atoms with Crippen LogP contribution < -0.4 is 10.1 Å². The Bertz CT molecular complexity index is 320. The van der Waals surface area contributed by atoms with Crippen molar-refractivity contribution in [1.29, 1.82) is 0 Å². The summed E-state index contributed by atoms with van der Waals surface area (Å²) in [5, 5.41) is 3.37. The molecular weight excluding hydrogens is 210 g/mol. The molecule has 0 aliphatic carbocycles. The Hall–Kier alpha value is -1.18. The maximum Gasteiger partial charge on any atom is 0.121 e. The number of anilines is 1. The third-order valence-electron chi connectivity index (χ3n) is 2.48. The molecule has 1 aromatic carbocycles. The minimum atomic E-state index is 0.450. The van der Waals surface area contributed by atoms with E-state index < -0.39 is 0 Å². The van der Waals surface area contributed by atoms with Gasteiger partial charge in [-0.05, 0) is 44.7 Å². The van der Waals surface area contributed by atoms with E-state index in [1.54, 1.807) is 0 Å². The smallest absolute Gasteiger partial charge is 0.121 e. The highest BCUT2D eigenvalue weighted by Crippen LogP contribution is 2.18. The Morgan fingerprint density at radius 1 is 1.18 bits per heavy atom. The largest absolute Gasteiger partial charge is 0.494 e. The number of hydrogen-bond acceptors (Lipinski definition) is 2. The predicted octanol–water partition coefficient (Wildman–Crippen LogP) is 4.32. The fourth-order valence-electron chi connectivity index (χ4n) is 1.69. The van der Waals surface area contributed by atoms with Crippen molar-refractivity contribution in [2.75, 3.05) is 11.9 Å². The highest BCUT2D eigenvalue weighted by atomic mass is 16.5. The molecule has 0 spiro atoms. The second-order valence-electron chi connectivity index (χ2n) is 5.21. The molecule has 2 heteroatoms. The summed E-state index contributed by atoms with van der Waals surface area (Å²) in [4.78, 5) is 0. The Morgan fingerprint density at radius 3 is 2.59 bits per heavy atom. The van der Waals surface area contributed by atoms with Crippen LogP contribution in [0.2, 0.25) is 0 Å². The molecule has 0 fully saturated rings. The summed E-state index contributed by atoms with van der Waals surface area (Å²) in [7, 11) is 0. The first-order chi connectivity index (χ1) is 8.08. The second-order valence-corrected chi connectivity index (χ2v) is 5.21. The minimum Gasteiger partial charge on any atom is -0.494 e. The van der Waals surface area contributed by atoms with E-state index in [9.17, 15) is 0 Å².